The predicted octanol–water partition coefficient (Wildman–Crippen LogP) is 3.35. The standard InChI is InChI=1S/C21H26ClN3O2/c1-16(12-13-17-8-4-3-5-9-17)23-20(26)14-25(2)15-21(27)24-19-11-7-6-10-18(19)22/h3-11,16H,12-15H2,1-2H3,(H,23,26)(H,24,27)/t16-/m0/s1. The summed E-state index contributed by atoms with van der Waals surface area (Å²) in [5, 5.41) is 6.21. The van der Waals surface area contributed by atoms with Crippen molar-refractivity contribution in [1.82, 2.24) is 10.2 Å². The van der Waals surface area contributed by atoms with Gasteiger partial charge in [-0.25, -0.2) is 0 Å². The quantitative estimate of drug-likeness (QED) is 0.693. The first-order chi connectivity index (χ1) is 12.9. The van der Waals surface area contributed by atoms with E-state index in [2.05, 4.69) is 22.8 Å². The summed E-state index contributed by atoms with van der Waals surface area (Å²) < 4.78 is 0. The molecule has 0 spiro atoms. The molecule has 0 saturated heterocycles. The fourth-order valence-electron chi connectivity index (χ4n) is 2.72. The number of hydrogen-bond acceptors (Lipinski definition) is 3. The highest BCUT2D eigenvalue weighted by atomic mass is 35.5. The van der Waals surface area contributed by atoms with Crippen molar-refractivity contribution in [2.45, 2.75) is 25.8 Å². The highest BCUT2D eigenvalue weighted by Crippen LogP contribution is 2.20. The van der Waals surface area contributed by atoms with Crippen LogP contribution in [-0.4, -0.2) is 42.9 Å². The third-order valence-electron chi connectivity index (χ3n) is 4.09. The van der Waals surface area contributed by atoms with Crippen molar-refractivity contribution >= 4 is 29.1 Å². The van der Waals surface area contributed by atoms with Gasteiger partial charge in [0.15, 0.2) is 0 Å². The molecule has 0 radical (unpaired) electrons. The molecular formula is C21H26ClN3O2. The SMILES string of the molecule is C[C@@H](CCc1ccccc1)NC(=O)CN(C)CC(=O)Nc1ccccc1Cl. The zero-order chi connectivity index (χ0) is 19.6. The Morgan fingerprint density at radius 3 is 2.33 bits per heavy atom. The number of anilines is 1. The van der Waals surface area contributed by atoms with Crippen LogP contribution in [0.2, 0.25) is 5.02 Å². The monoisotopic (exact) mass is 387 g/mol. The predicted molar refractivity (Wildman–Crippen MR) is 110 cm³/mol. The summed E-state index contributed by atoms with van der Waals surface area (Å²) in [5.74, 6) is -0.306. The van der Waals surface area contributed by atoms with Crippen LogP contribution < -0.4 is 10.6 Å². The van der Waals surface area contributed by atoms with Gasteiger partial charge < -0.3 is 10.6 Å². The summed E-state index contributed by atoms with van der Waals surface area (Å²) in [6, 6.07) is 17.3. The second-order valence-corrected chi connectivity index (χ2v) is 7.10. The first-order valence-corrected chi connectivity index (χ1v) is 9.38. The van der Waals surface area contributed by atoms with Gasteiger partial charge in [-0.1, -0.05) is 54.1 Å². The van der Waals surface area contributed by atoms with Crippen LogP contribution in [-0.2, 0) is 16.0 Å². The summed E-state index contributed by atoms with van der Waals surface area (Å²) >= 11 is 6.03. The van der Waals surface area contributed by atoms with Crippen molar-refractivity contribution in [3.05, 3.63) is 65.2 Å². The Kier molecular flexibility index (Phi) is 8.30. The average molecular weight is 388 g/mol. The van der Waals surface area contributed by atoms with E-state index in [1.807, 2.05) is 25.1 Å². The largest absolute Gasteiger partial charge is 0.353 e. The van der Waals surface area contributed by atoms with Crippen LogP contribution in [0.1, 0.15) is 18.9 Å². The lowest BCUT2D eigenvalue weighted by molar-refractivity contribution is -0.123. The molecule has 5 nitrogen and oxygen atoms in total. The van der Waals surface area contributed by atoms with E-state index in [1.54, 1.807) is 36.2 Å². The highest BCUT2D eigenvalue weighted by molar-refractivity contribution is 6.33. The molecule has 0 aliphatic rings. The molecule has 0 unspecified atom stereocenters. The third kappa shape index (κ3) is 7.81. The van der Waals surface area contributed by atoms with Gasteiger partial charge in [0.05, 0.1) is 23.8 Å². The van der Waals surface area contributed by atoms with Gasteiger partial charge in [0.2, 0.25) is 11.8 Å². The molecule has 0 fully saturated rings. The summed E-state index contributed by atoms with van der Waals surface area (Å²) in [5.41, 5.74) is 1.82. The van der Waals surface area contributed by atoms with E-state index < -0.39 is 0 Å². The van der Waals surface area contributed by atoms with Gasteiger partial charge >= 0.3 is 0 Å². The van der Waals surface area contributed by atoms with Crippen molar-refractivity contribution in [3.8, 4) is 0 Å². The minimum atomic E-state index is -0.212. The van der Waals surface area contributed by atoms with Crippen molar-refractivity contribution < 1.29 is 9.59 Å². The van der Waals surface area contributed by atoms with Crippen molar-refractivity contribution in [3.63, 3.8) is 0 Å². The second-order valence-electron chi connectivity index (χ2n) is 6.69. The Labute approximate surface area is 165 Å². The number of rotatable bonds is 9. The Bertz CT molecular complexity index is 752. The van der Waals surface area contributed by atoms with Crippen molar-refractivity contribution in [2.75, 3.05) is 25.5 Å². The molecule has 1 atom stereocenters. The van der Waals surface area contributed by atoms with Crippen LogP contribution in [0.5, 0.6) is 0 Å². The third-order valence-corrected chi connectivity index (χ3v) is 4.42. The van der Waals surface area contributed by atoms with Crippen LogP contribution >= 0.6 is 11.6 Å². The maximum Gasteiger partial charge on any atom is 0.238 e. The smallest absolute Gasteiger partial charge is 0.238 e. The van der Waals surface area contributed by atoms with Gasteiger partial charge in [0.25, 0.3) is 0 Å². The number of nitrogens with one attached hydrogen (secondary N) is 2. The molecule has 6 heteroatoms. The molecule has 144 valence electrons. The Morgan fingerprint density at radius 1 is 1.00 bits per heavy atom. The van der Waals surface area contributed by atoms with Crippen molar-refractivity contribution in [2.24, 2.45) is 0 Å². The lowest BCUT2D eigenvalue weighted by atomic mass is 10.1. The molecule has 2 N–H and O–H groups in total. The Morgan fingerprint density at radius 2 is 1.63 bits per heavy atom. The lowest BCUT2D eigenvalue weighted by Crippen LogP contribution is -2.42. The maximum atomic E-state index is 12.2. The second kappa shape index (κ2) is 10.7. The van der Waals surface area contributed by atoms with E-state index in [-0.39, 0.29) is 30.9 Å². The van der Waals surface area contributed by atoms with E-state index in [0.29, 0.717) is 10.7 Å². The van der Waals surface area contributed by atoms with Crippen LogP contribution in [0.4, 0.5) is 5.69 Å². The van der Waals surface area contributed by atoms with Crippen LogP contribution in [0.3, 0.4) is 0 Å². The molecule has 0 bridgehead atoms. The number of hydrogen-bond donors (Lipinski definition) is 2. The minimum Gasteiger partial charge on any atom is -0.353 e. The van der Waals surface area contributed by atoms with Gasteiger partial charge in [-0.3, -0.25) is 14.5 Å². The fourth-order valence-corrected chi connectivity index (χ4v) is 2.90. The Hall–Kier alpha value is -2.37. The summed E-state index contributed by atoms with van der Waals surface area (Å²) in [6.07, 6.45) is 1.78. The van der Waals surface area contributed by atoms with E-state index in [9.17, 15) is 9.59 Å². The van der Waals surface area contributed by atoms with E-state index in [0.717, 1.165) is 12.8 Å². The molecule has 0 aliphatic heterocycles. The van der Waals surface area contributed by atoms with E-state index >= 15 is 0 Å². The summed E-state index contributed by atoms with van der Waals surface area (Å²) in [6.45, 7) is 2.26. The zero-order valence-electron chi connectivity index (χ0n) is 15.7. The number of nitrogens with zero attached hydrogens (tertiary/aromatic N) is 1. The number of benzene rings is 2. The molecule has 0 aromatic heterocycles. The van der Waals surface area contributed by atoms with Crippen molar-refractivity contribution in [1.29, 1.82) is 0 Å². The topological polar surface area (TPSA) is 61.4 Å². The minimum absolute atomic E-state index is 0.0723. The molecule has 27 heavy (non-hydrogen) atoms. The fraction of sp³-hybridized carbons (Fsp3) is 0.333. The summed E-state index contributed by atoms with van der Waals surface area (Å²) in [7, 11) is 1.74. The maximum absolute atomic E-state index is 12.2. The molecule has 0 aliphatic carbocycles. The van der Waals surface area contributed by atoms with E-state index in [1.165, 1.54) is 5.56 Å². The average Bonchev–Trinajstić information content (AvgIpc) is 2.62. The molecule has 2 aromatic rings. The molecule has 2 aromatic carbocycles. The van der Waals surface area contributed by atoms with Crippen LogP contribution in [0.15, 0.2) is 54.6 Å². The molecular weight excluding hydrogens is 362 g/mol. The number of halogens is 1. The van der Waals surface area contributed by atoms with Gasteiger partial charge in [-0.2, -0.15) is 0 Å². The number of likely N-dealkylation sites (N-methyl/N-ethyl adjacent to an activating group) is 1. The van der Waals surface area contributed by atoms with Gasteiger partial charge in [-0.15, -0.1) is 0 Å². The normalized spacial score (nSPS) is 11.9. The number of aryl methyl sites for hydroxylation is 1. The molecule has 2 amide bonds. The van der Waals surface area contributed by atoms with Crippen LogP contribution in [0.25, 0.3) is 0 Å². The lowest BCUT2D eigenvalue weighted by Gasteiger charge is -2.19. The highest BCUT2D eigenvalue weighted by Gasteiger charge is 2.13. The number of amides is 2. The first-order valence-electron chi connectivity index (χ1n) is 9.00. The van der Waals surface area contributed by atoms with Gasteiger partial charge in [0, 0.05) is 6.04 Å². The Balaban J connectivity index is 1.69. The first kappa shape index (κ1) is 20.9. The van der Waals surface area contributed by atoms with Gasteiger partial charge in [0.1, 0.15) is 0 Å². The summed E-state index contributed by atoms with van der Waals surface area (Å²) in [4.78, 5) is 25.9. The van der Waals surface area contributed by atoms with Crippen LogP contribution in [0, 0.1) is 0 Å². The zero-order valence-corrected chi connectivity index (χ0v) is 16.5. The van der Waals surface area contributed by atoms with E-state index in [4.69, 9.17) is 11.6 Å². The molecule has 2 rings (SSSR count). The number of para-hydroxylation sites is 1. The molecule has 0 heterocycles. The van der Waals surface area contributed by atoms with Gasteiger partial charge in [-0.05, 0) is 44.5 Å². The number of carbonyl (C=O) groups excluding carboxylic acids is 2. The molecule has 0 saturated carbocycles. The number of carbonyl (C=O) groups is 2.